The Morgan fingerprint density at radius 2 is 1.94 bits per heavy atom. The van der Waals surface area contributed by atoms with Crippen molar-refractivity contribution >= 4 is 40.0 Å². The number of fused-ring (bicyclic) bond motifs is 1. The van der Waals surface area contributed by atoms with Crippen molar-refractivity contribution in [3.05, 3.63) is 69.5 Å². The van der Waals surface area contributed by atoms with Crippen molar-refractivity contribution in [3.63, 3.8) is 0 Å². The van der Waals surface area contributed by atoms with Crippen molar-refractivity contribution < 1.29 is 31.5 Å². The number of rotatable bonds is 4. The van der Waals surface area contributed by atoms with Crippen LogP contribution in [0.1, 0.15) is 36.8 Å². The topological polar surface area (TPSA) is 86.9 Å². The van der Waals surface area contributed by atoms with Gasteiger partial charge in [0.1, 0.15) is 16.8 Å². The fourth-order valence-corrected chi connectivity index (χ4v) is 4.11. The van der Waals surface area contributed by atoms with Gasteiger partial charge >= 0.3 is 6.18 Å². The van der Waals surface area contributed by atoms with E-state index in [9.17, 15) is 31.5 Å². The molecule has 4 rings (SSSR count). The third kappa shape index (κ3) is 4.60. The molecule has 178 valence electrons. The predicted octanol–water partition coefficient (Wildman–Crippen LogP) is 5.42. The van der Waals surface area contributed by atoms with Crippen LogP contribution in [0.15, 0.2) is 41.6 Å². The van der Waals surface area contributed by atoms with E-state index in [1.54, 1.807) is 0 Å². The Kier molecular flexibility index (Phi) is 6.07. The zero-order valence-corrected chi connectivity index (χ0v) is 18.2. The molecule has 1 aromatic heterocycles. The molecule has 1 aliphatic heterocycles. The molecule has 0 aliphatic carbocycles. The first-order valence-electron chi connectivity index (χ1n) is 9.93. The maximum atomic E-state index is 14.7. The van der Waals surface area contributed by atoms with Gasteiger partial charge in [0, 0.05) is 29.5 Å². The highest BCUT2D eigenvalue weighted by molar-refractivity contribution is 6.34. The van der Waals surface area contributed by atoms with Crippen LogP contribution in [0.2, 0.25) is 5.15 Å². The van der Waals surface area contributed by atoms with Gasteiger partial charge in [0.15, 0.2) is 0 Å². The molecule has 3 aromatic rings. The number of anilines is 1. The Morgan fingerprint density at radius 1 is 1.21 bits per heavy atom. The summed E-state index contributed by atoms with van der Waals surface area (Å²) in [5.74, 6) is -4.04. The lowest BCUT2D eigenvalue weighted by molar-refractivity contribution is -0.137. The number of benzene rings is 2. The average molecular weight is 499 g/mol. The van der Waals surface area contributed by atoms with E-state index in [2.05, 4.69) is 20.8 Å². The van der Waals surface area contributed by atoms with E-state index in [1.807, 2.05) is 0 Å². The van der Waals surface area contributed by atoms with E-state index >= 15 is 0 Å². The minimum atomic E-state index is -4.74. The maximum absolute atomic E-state index is 14.7. The highest BCUT2D eigenvalue weighted by Gasteiger charge is 2.34. The van der Waals surface area contributed by atoms with Gasteiger partial charge in [-0.2, -0.15) is 18.3 Å². The van der Waals surface area contributed by atoms with Gasteiger partial charge in [-0.3, -0.25) is 14.7 Å². The summed E-state index contributed by atoms with van der Waals surface area (Å²) >= 11 is 5.96. The van der Waals surface area contributed by atoms with Crippen molar-refractivity contribution in [1.29, 1.82) is 0 Å². The fourth-order valence-electron chi connectivity index (χ4n) is 3.91. The first-order valence-corrected chi connectivity index (χ1v) is 10.3. The van der Waals surface area contributed by atoms with Gasteiger partial charge < -0.3 is 10.6 Å². The summed E-state index contributed by atoms with van der Waals surface area (Å²) in [7, 11) is 0. The van der Waals surface area contributed by atoms with Crippen LogP contribution >= 0.6 is 11.6 Å². The molecule has 3 N–H and O–H groups in total. The van der Waals surface area contributed by atoms with Crippen LogP contribution in [-0.2, 0) is 15.8 Å². The van der Waals surface area contributed by atoms with Crippen molar-refractivity contribution in [3.8, 4) is 0 Å². The van der Waals surface area contributed by atoms with Gasteiger partial charge in [-0.25, -0.2) is 8.78 Å². The van der Waals surface area contributed by atoms with E-state index in [0.29, 0.717) is 17.0 Å². The molecule has 0 radical (unpaired) electrons. The van der Waals surface area contributed by atoms with E-state index < -0.39 is 41.1 Å². The summed E-state index contributed by atoms with van der Waals surface area (Å²) in [5.41, 5.74) is -0.674. The molecule has 1 atom stereocenters. The second-order valence-electron chi connectivity index (χ2n) is 7.80. The highest BCUT2D eigenvalue weighted by Crippen LogP contribution is 2.38. The number of carbonyl (C=O) groups excluding carboxylic acids is 2. The van der Waals surface area contributed by atoms with E-state index in [1.165, 1.54) is 13.0 Å². The molecule has 2 aromatic carbocycles. The number of nitrogens with one attached hydrogen (secondary N) is 3. The molecule has 6 nitrogen and oxygen atoms in total. The summed E-state index contributed by atoms with van der Waals surface area (Å²) in [6.07, 6.45) is -5.37. The van der Waals surface area contributed by atoms with Crippen LogP contribution in [0, 0.1) is 11.6 Å². The molecule has 0 spiro atoms. The molecule has 0 bridgehead atoms. The average Bonchev–Trinajstić information content (AvgIpc) is 3.09. The fraction of sp³-hybridized carbons (Fsp3) is 0.227. The Balaban J connectivity index is 1.62. The van der Waals surface area contributed by atoms with Crippen molar-refractivity contribution in [2.75, 3.05) is 5.32 Å². The maximum Gasteiger partial charge on any atom is 0.416 e. The van der Waals surface area contributed by atoms with Gasteiger partial charge in [-0.15, -0.1) is 0 Å². The molecule has 2 heterocycles. The van der Waals surface area contributed by atoms with Gasteiger partial charge in [0.05, 0.1) is 23.2 Å². The van der Waals surface area contributed by atoms with Gasteiger partial charge in [-0.1, -0.05) is 17.7 Å². The first-order chi connectivity index (χ1) is 15.9. The molecule has 0 saturated carbocycles. The number of aromatic amines is 1. The summed E-state index contributed by atoms with van der Waals surface area (Å²) in [5, 5.41) is 11.8. The van der Waals surface area contributed by atoms with Crippen LogP contribution in [0.5, 0.6) is 0 Å². The number of hydrogen-bond donors (Lipinski definition) is 3. The van der Waals surface area contributed by atoms with Crippen LogP contribution in [0.25, 0.3) is 10.9 Å². The molecule has 1 unspecified atom stereocenters. The van der Waals surface area contributed by atoms with Crippen molar-refractivity contribution in [1.82, 2.24) is 15.5 Å². The Morgan fingerprint density at radius 3 is 2.62 bits per heavy atom. The Labute approximate surface area is 194 Å². The van der Waals surface area contributed by atoms with Crippen LogP contribution in [0.4, 0.5) is 27.6 Å². The minimum absolute atomic E-state index is 0.150. The largest absolute Gasteiger partial charge is 0.416 e. The van der Waals surface area contributed by atoms with Gasteiger partial charge in [-0.05, 0) is 36.3 Å². The van der Waals surface area contributed by atoms with Gasteiger partial charge in [0.2, 0.25) is 11.8 Å². The molecule has 1 aliphatic rings. The summed E-state index contributed by atoms with van der Waals surface area (Å²) < 4.78 is 67.8. The van der Waals surface area contributed by atoms with E-state index in [0.717, 1.165) is 18.2 Å². The van der Waals surface area contributed by atoms with Crippen molar-refractivity contribution in [2.45, 2.75) is 31.9 Å². The number of alkyl halides is 3. The van der Waals surface area contributed by atoms with Gasteiger partial charge in [0.25, 0.3) is 0 Å². The molecule has 0 saturated heterocycles. The molecular weight excluding hydrogens is 483 g/mol. The number of allylic oxidation sites excluding steroid dienone is 1. The zero-order chi connectivity index (χ0) is 24.8. The number of carbonyl (C=O) groups is 2. The van der Waals surface area contributed by atoms with E-state index in [4.69, 9.17) is 11.6 Å². The molecule has 2 amide bonds. The second-order valence-corrected chi connectivity index (χ2v) is 8.18. The standard InChI is InChI=1S/C22H16ClF5N4O2/c1-9-12(6-20(34)30-18-5-14-17(8-16(18)25)31-32-21(14)23)13(7-19(33)29-9)11-3-2-10(4-15(11)24)22(26,27)28/h2-5,8,13H,6-7H2,1H3,(H,29,33)(H,30,34)(H,31,32). The highest BCUT2D eigenvalue weighted by atomic mass is 35.5. The lowest BCUT2D eigenvalue weighted by Crippen LogP contribution is -2.32. The van der Waals surface area contributed by atoms with Crippen LogP contribution in [-0.4, -0.2) is 22.0 Å². The Bertz CT molecular complexity index is 1350. The smallest absolute Gasteiger partial charge is 0.330 e. The monoisotopic (exact) mass is 498 g/mol. The summed E-state index contributed by atoms with van der Waals surface area (Å²) in [4.78, 5) is 24.8. The number of nitrogens with zero attached hydrogens (tertiary/aromatic N) is 1. The lowest BCUT2D eigenvalue weighted by Gasteiger charge is -2.28. The number of hydrogen-bond acceptors (Lipinski definition) is 3. The number of halogens is 6. The number of H-pyrrole nitrogens is 1. The SMILES string of the molecule is CC1=C(CC(=O)Nc2cc3c(Cl)[nH]nc3cc2F)C(c2ccc(C(F)(F)F)cc2F)CC(=O)N1. The summed E-state index contributed by atoms with van der Waals surface area (Å²) in [6, 6.07) is 4.41. The first kappa shape index (κ1) is 23.7. The quantitative estimate of drug-likeness (QED) is 0.420. The normalized spacial score (nSPS) is 16.7. The second kappa shape index (κ2) is 8.71. The Hall–Kier alpha value is -3.47. The molecular formula is C22H16ClF5N4O2. The lowest BCUT2D eigenvalue weighted by atomic mass is 9.82. The third-order valence-corrected chi connectivity index (χ3v) is 5.83. The molecule has 34 heavy (non-hydrogen) atoms. The van der Waals surface area contributed by atoms with Crippen LogP contribution in [0.3, 0.4) is 0 Å². The molecule has 0 fully saturated rings. The van der Waals surface area contributed by atoms with Crippen LogP contribution < -0.4 is 10.6 Å². The zero-order valence-electron chi connectivity index (χ0n) is 17.4. The summed E-state index contributed by atoms with van der Waals surface area (Å²) in [6.45, 7) is 1.49. The predicted molar refractivity (Wildman–Crippen MR) is 114 cm³/mol. The number of amides is 2. The third-order valence-electron chi connectivity index (χ3n) is 5.54. The minimum Gasteiger partial charge on any atom is -0.330 e. The molecule has 12 heteroatoms. The van der Waals surface area contributed by atoms with E-state index in [-0.39, 0.29) is 40.5 Å². The number of aromatic nitrogens is 2. The van der Waals surface area contributed by atoms with Crippen molar-refractivity contribution in [2.24, 2.45) is 0 Å².